The molecule has 0 radical (unpaired) electrons. The Balaban J connectivity index is 2.31. The molecule has 1 atom stereocenters. The highest BCUT2D eigenvalue weighted by molar-refractivity contribution is 5.96. The highest BCUT2D eigenvalue weighted by Gasteiger charge is 2.34. The molecule has 2 N–H and O–H groups in total. The monoisotopic (exact) mass is 245 g/mol. The summed E-state index contributed by atoms with van der Waals surface area (Å²) in [4.78, 5) is 16.0. The number of carbonyl (C=O) groups is 1. The van der Waals surface area contributed by atoms with Crippen LogP contribution in [0.5, 0.6) is 0 Å². The fraction of sp³-hybridized carbons (Fsp3) is 0.400. The summed E-state index contributed by atoms with van der Waals surface area (Å²) in [6.45, 7) is 0.236. The Labute approximate surface area is 95.2 Å². The Hall–Kier alpha value is -1.63. The van der Waals surface area contributed by atoms with Gasteiger partial charge in [-0.1, -0.05) is 0 Å². The number of pyridine rings is 1. The molecule has 1 aromatic rings. The summed E-state index contributed by atoms with van der Waals surface area (Å²) in [7, 11) is 0. The third kappa shape index (κ3) is 2.38. The van der Waals surface area contributed by atoms with Crippen LogP contribution in [0.2, 0.25) is 0 Å². The van der Waals surface area contributed by atoms with Gasteiger partial charge in [0.25, 0.3) is 0 Å². The smallest absolute Gasteiger partial charge is 0.326 e. The molecule has 1 aliphatic heterocycles. The summed E-state index contributed by atoms with van der Waals surface area (Å²) >= 11 is 0. The van der Waals surface area contributed by atoms with Gasteiger partial charge < -0.3 is 10.6 Å². The van der Waals surface area contributed by atoms with Gasteiger partial charge in [0.05, 0.1) is 0 Å². The summed E-state index contributed by atoms with van der Waals surface area (Å²) in [5.74, 6) is -0.267. The molecule has 0 spiro atoms. The Morgan fingerprint density at radius 3 is 2.71 bits per heavy atom. The Kier molecular flexibility index (Phi) is 2.78. The summed E-state index contributed by atoms with van der Waals surface area (Å²) in [6.07, 6.45) is -3.32. The highest BCUT2D eigenvalue weighted by Crippen LogP contribution is 2.30. The van der Waals surface area contributed by atoms with Crippen molar-refractivity contribution in [2.75, 3.05) is 11.4 Å². The van der Waals surface area contributed by atoms with E-state index in [1.807, 2.05) is 0 Å². The molecule has 0 bridgehead atoms. The molecule has 1 amide bonds. The minimum atomic E-state index is -4.51. The van der Waals surface area contributed by atoms with Gasteiger partial charge in [-0.3, -0.25) is 9.78 Å². The molecule has 1 saturated heterocycles. The quantitative estimate of drug-likeness (QED) is 0.807. The molecule has 0 aliphatic carbocycles. The standard InChI is InChI=1S/C10H10F3N3O/c11-10(12,13)8-4-7(1-2-15-8)16-5-6(14)3-9(16)17/h1-2,4,6H,3,5,14H2. The van der Waals surface area contributed by atoms with E-state index < -0.39 is 11.9 Å². The van der Waals surface area contributed by atoms with Crippen LogP contribution in [0.25, 0.3) is 0 Å². The number of nitrogens with two attached hydrogens (primary N) is 1. The SMILES string of the molecule is NC1CC(=O)N(c2ccnc(C(F)(F)F)c2)C1. The minimum Gasteiger partial charge on any atom is -0.326 e. The maximum absolute atomic E-state index is 12.4. The van der Waals surface area contributed by atoms with Crippen LogP contribution in [0.3, 0.4) is 0 Å². The van der Waals surface area contributed by atoms with E-state index in [1.54, 1.807) is 0 Å². The van der Waals surface area contributed by atoms with Crippen molar-refractivity contribution >= 4 is 11.6 Å². The first-order valence-corrected chi connectivity index (χ1v) is 4.97. The number of aromatic nitrogens is 1. The molecule has 7 heteroatoms. The maximum atomic E-state index is 12.4. The van der Waals surface area contributed by atoms with Gasteiger partial charge in [0, 0.05) is 30.9 Å². The minimum absolute atomic E-state index is 0.156. The summed E-state index contributed by atoms with van der Waals surface area (Å²) in [5.41, 5.74) is 4.75. The number of nitrogens with zero attached hydrogens (tertiary/aromatic N) is 2. The molecule has 0 aromatic carbocycles. The zero-order valence-corrected chi connectivity index (χ0v) is 8.74. The fourth-order valence-electron chi connectivity index (χ4n) is 1.73. The lowest BCUT2D eigenvalue weighted by Gasteiger charge is -2.17. The first kappa shape index (κ1) is 11.8. The number of amides is 1. The highest BCUT2D eigenvalue weighted by atomic mass is 19.4. The first-order chi connectivity index (χ1) is 7.88. The van der Waals surface area contributed by atoms with Crippen molar-refractivity contribution in [3.05, 3.63) is 24.0 Å². The molecule has 1 fully saturated rings. The average molecular weight is 245 g/mol. The molecule has 1 aliphatic rings. The molecule has 2 heterocycles. The molecule has 1 unspecified atom stereocenters. The molecule has 17 heavy (non-hydrogen) atoms. The van der Waals surface area contributed by atoms with Gasteiger partial charge in [-0.15, -0.1) is 0 Å². The number of rotatable bonds is 1. The zero-order valence-electron chi connectivity index (χ0n) is 8.74. The average Bonchev–Trinajstić information content (AvgIpc) is 2.57. The van der Waals surface area contributed by atoms with E-state index in [2.05, 4.69) is 4.98 Å². The molecule has 4 nitrogen and oxygen atoms in total. The van der Waals surface area contributed by atoms with Gasteiger partial charge >= 0.3 is 6.18 Å². The maximum Gasteiger partial charge on any atom is 0.433 e. The van der Waals surface area contributed by atoms with Crippen LogP contribution in [0, 0.1) is 0 Å². The molecular weight excluding hydrogens is 235 g/mol. The number of hydrogen-bond acceptors (Lipinski definition) is 3. The van der Waals surface area contributed by atoms with Crippen molar-refractivity contribution in [3.63, 3.8) is 0 Å². The van der Waals surface area contributed by atoms with Crippen molar-refractivity contribution in [3.8, 4) is 0 Å². The molecule has 2 rings (SSSR count). The predicted molar refractivity (Wildman–Crippen MR) is 54.2 cm³/mol. The third-order valence-electron chi connectivity index (χ3n) is 2.50. The second-order valence-electron chi connectivity index (χ2n) is 3.87. The van der Waals surface area contributed by atoms with Crippen LogP contribution in [0.4, 0.5) is 18.9 Å². The molecule has 92 valence electrons. The number of halogens is 3. The van der Waals surface area contributed by atoms with E-state index in [-0.39, 0.29) is 30.6 Å². The summed E-state index contributed by atoms with van der Waals surface area (Å²) < 4.78 is 37.3. The summed E-state index contributed by atoms with van der Waals surface area (Å²) in [6, 6.07) is 1.89. The van der Waals surface area contributed by atoms with E-state index in [9.17, 15) is 18.0 Å². The third-order valence-corrected chi connectivity index (χ3v) is 2.50. The fourth-order valence-corrected chi connectivity index (χ4v) is 1.73. The topological polar surface area (TPSA) is 59.2 Å². The number of alkyl halides is 3. The van der Waals surface area contributed by atoms with Crippen LogP contribution in [0.1, 0.15) is 12.1 Å². The number of anilines is 1. The zero-order chi connectivity index (χ0) is 12.6. The van der Waals surface area contributed by atoms with E-state index >= 15 is 0 Å². The lowest BCUT2D eigenvalue weighted by Crippen LogP contribution is -2.28. The largest absolute Gasteiger partial charge is 0.433 e. The molecular formula is C10H10F3N3O. The van der Waals surface area contributed by atoms with Gasteiger partial charge in [0.1, 0.15) is 5.69 Å². The lowest BCUT2D eigenvalue weighted by atomic mass is 10.3. The Morgan fingerprint density at radius 1 is 1.47 bits per heavy atom. The van der Waals surface area contributed by atoms with Crippen LogP contribution >= 0.6 is 0 Å². The van der Waals surface area contributed by atoms with Gasteiger partial charge in [0.2, 0.25) is 5.91 Å². The van der Waals surface area contributed by atoms with E-state index in [0.29, 0.717) is 0 Å². The normalized spacial score (nSPS) is 21.1. The Morgan fingerprint density at radius 2 is 2.18 bits per heavy atom. The predicted octanol–water partition coefficient (Wildman–Crippen LogP) is 1.16. The lowest BCUT2D eigenvalue weighted by molar-refractivity contribution is -0.141. The van der Waals surface area contributed by atoms with Crippen molar-refractivity contribution < 1.29 is 18.0 Å². The second-order valence-corrected chi connectivity index (χ2v) is 3.87. The van der Waals surface area contributed by atoms with Gasteiger partial charge in [0.15, 0.2) is 0 Å². The molecule has 1 aromatic heterocycles. The van der Waals surface area contributed by atoms with Gasteiger partial charge in [-0.25, -0.2) is 0 Å². The second kappa shape index (κ2) is 3.99. The van der Waals surface area contributed by atoms with Crippen molar-refractivity contribution in [1.29, 1.82) is 0 Å². The van der Waals surface area contributed by atoms with E-state index in [1.165, 1.54) is 11.0 Å². The number of hydrogen-bond donors (Lipinski definition) is 1. The summed E-state index contributed by atoms with van der Waals surface area (Å²) in [5, 5.41) is 0. The van der Waals surface area contributed by atoms with Crippen LogP contribution in [-0.4, -0.2) is 23.5 Å². The van der Waals surface area contributed by atoms with Crippen LogP contribution in [0.15, 0.2) is 18.3 Å². The van der Waals surface area contributed by atoms with Crippen molar-refractivity contribution in [1.82, 2.24) is 4.98 Å². The van der Waals surface area contributed by atoms with Crippen molar-refractivity contribution in [2.45, 2.75) is 18.6 Å². The van der Waals surface area contributed by atoms with Crippen LogP contribution < -0.4 is 10.6 Å². The molecule has 0 saturated carbocycles. The Bertz CT molecular complexity index is 447. The number of carbonyl (C=O) groups excluding carboxylic acids is 1. The van der Waals surface area contributed by atoms with E-state index in [4.69, 9.17) is 5.73 Å². The van der Waals surface area contributed by atoms with Gasteiger partial charge in [-0.05, 0) is 12.1 Å². The van der Waals surface area contributed by atoms with Gasteiger partial charge in [-0.2, -0.15) is 13.2 Å². The first-order valence-electron chi connectivity index (χ1n) is 4.97. The van der Waals surface area contributed by atoms with Crippen molar-refractivity contribution in [2.24, 2.45) is 5.73 Å². The van der Waals surface area contributed by atoms with E-state index in [0.717, 1.165) is 12.3 Å². The van der Waals surface area contributed by atoms with Crippen LogP contribution in [-0.2, 0) is 11.0 Å².